The molecule has 0 bridgehead atoms. The minimum atomic E-state index is -0.291. The van der Waals surface area contributed by atoms with Gasteiger partial charge in [-0.1, -0.05) is 6.07 Å². The van der Waals surface area contributed by atoms with E-state index in [1.54, 1.807) is 17.5 Å². The minimum absolute atomic E-state index is 0.244. The first-order valence-corrected chi connectivity index (χ1v) is 5.83. The summed E-state index contributed by atoms with van der Waals surface area (Å²) < 4.78 is 13.2. The fraction of sp³-hybridized carbons (Fsp3) is 0.250. The molecule has 0 amide bonds. The first kappa shape index (κ1) is 11.2. The number of benzene rings is 1. The van der Waals surface area contributed by atoms with Crippen molar-refractivity contribution in [3.63, 3.8) is 0 Å². The molecule has 1 heterocycles. The van der Waals surface area contributed by atoms with Gasteiger partial charge in [0.1, 0.15) is 5.82 Å². The van der Waals surface area contributed by atoms with Crippen molar-refractivity contribution in [3.05, 3.63) is 51.2 Å². The van der Waals surface area contributed by atoms with Gasteiger partial charge in [-0.15, -0.1) is 11.3 Å². The lowest BCUT2D eigenvalue weighted by molar-refractivity contribution is 0.622. The Kier molecular flexibility index (Phi) is 3.03. The Morgan fingerprint density at radius 1 is 1.31 bits per heavy atom. The van der Waals surface area contributed by atoms with Gasteiger partial charge in [-0.2, -0.15) is 0 Å². The SMILES string of the molecule is Cc1cc(F)cc(C(N)c2cnc(C)s2)c1. The number of nitrogens with zero attached hydrogens (tertiary/aromatic N) is 1. The molecular formula is C12H13FN2S. The van der Waals surface area contributed by atoms with Gasteiger partial charge in [-0.3, -0.25) is 0 Å². The molecule has 0 saturated heterocycles. The molecule has 0 aliphatic rings. The Balaban J connectivity index is 2.37. The van der Waals surface area contributed by atoms with Crippen LogP contribution in [0, 0.1) is 19.7 Å². The molecule has 0 spiro atoms. The monoisotopic (exact) mass is 236 g/mol. The number of aryl methyl sites for hydroxylation is 2. The molecule has 1 unspecified atom stereocenters. The Morgan fingerprint density at radius 2 is 2.06 bits per heavy atom. The molecule has 1 aromatic heterocycles. The predicted octanol–water partition coefficient (Wildman–Crippen LogP) is 2.95. The fourth-order valence-electron chi connectivity index (χ4n) is 1.63. The highest BCUT2D eigenvalue weighted by molar-refractivity contribution is 7.11. The average Bonchev–Trinajstić information content (AvgIpc) is 2.62. The number of thiazole rings is 1. The fourth-order valence-corrected chi connectivity index (χ4v) is 2.44. The summed E-state index contributed by atoms with van der Waals surface area (Å²) in [5.74, 6) is -0.244. The summed E-state index contributed by atoms with van der Waals surface area (Å²) in [4.78, 5) is 5.11. The molecule has 0 aliphatic heterocycles. The summed E-state index contributed by atoms with van der Waals surface area (Å²) >= 11 is 1.54. The van der Waals surface area contributed by atoms with Crippen LogP contribution in [0.1, 0.15) is 27.1 Å². The molecule has 0 saturated carbocycles. The maximum Gasteiger partial charge on any atom is 0.123 e. The molecule has 0 fully saturated rings. The summed E-state index contributed by atoms with van der Waals surface area (Å²) in [6.45, 7) is 3.79. The van der Waals surface area contributed by atoms with Gasteiger partial charge in [0.2, 0.25) is 0 Å². The Hall–Kier alpha value is -1.26. The molecule has 2 aromatic rings. The van der Waals surface area contributed by atoms with Gasteiger partial charge in [0, 0.05) is 11.1 Å². The topological polar surface area (TPSA) is 38.9 Å². The van der Waals surface area contributed by atoms with Crippen LogP contribution in [0.3, 0.4) is 0 Å². The van der Waals surface area contributed by atoms with Gasteiger partial charge >= 0.3 is 0 Å². The maximum atomic E-state index is 13.2. The van der Waals surface area contributed by atoms with Crippen molar-refractivity contribution in [1.29, 1.82) is 0 Å². The summed E-state index contributed by atoms with van der Waals surface area (Å²) in [5.41, 5.74) is 7.75. The van der Waals surface area contributed by atoms with Crippen LogP contribution < -0.4 is 5.73 Å². The van der Waals surface area contributed by atoms with Crippen LogP contribution >= 0.6 is 11.3 Å². The van der Waals surface area contributed by atoms with Crippen LogP contribution in [0.25, 0.3) is 0 Å². The standard InChI is InChI=1S/C12H13FN2S/c1-7-3-9(5-10(13)4-7)12(14)11-6-15-8(2)16-11/h3-6,12H,14H2,1-2H3. The van der Waals surface area contributed by atoms with Crippen LogP contribution in [0.2, 0.25) is 0 Å². The molecular weight excluding hydrogens is 223 g/mol. The molecule has 2 rings (SSSR count). The van der Waals surface area contributed by atoms with Gasteiger partial charge in [0.15, 0.2) is 0 Å². The van der Waals surface area contributed by atoms with Gasteiger partial charge < -0.3 is 5.73 Å². The summed E-state index contributed by atoms with van der Waals surface area (Å²) in [5, 5.41) is 0.971. The second kappa shape index (κ2) is 4.31. The molecule has 0 aliphatic carbocycles. The predicted molar refractivity (Wildman–Crippen MR) is 64.0 cm³/mol. The zero-order valence-corrected chi connectivity index (χ0v) is 10.0. The van der Waals surface area contributed by atoms with E-state index in [2.05, 4.69) is 4.98 Å². The lowest BCUT2D eigenvalue weighted by atomic mass is 10.0. The number of hydrogen-bond donors (Lipinski definition) is 1. The first-order valence-electron chi connectivity index (χ1n) is 5.01. The van der Waals surface area contributed by atoms with Crippen molar-refractivity contribution >= 4 is 11.3 Å². The van der Waals surface area contributed by atoms with Gasteiger partial charge in [0.25, 0.3) is 0 Å². The second-order valence-electron chi connectivity index (χ2n) is 3.82. The average molecular weight is 236 g/mol. The molecule has 1 aromatic carbocycles. The number of hydrogen-bond acceptors (Lipinski definition) is 3. The largest absolute Gasteiger partial charge is 0.320 e. The van der Waals surface area contributed by atoms with Gasteiger partial charge in [-0.05, 0) is 37.1 Å². The zero-order chi connectivity index (χ0) is 11.7. The third-order valence-electron chi connectivity index (χ3n) is 2.37. The maximum absolute atomic E-state index is 13.2. The van der Waals surface area contributed by atoms with E-state index < -0.39 is 0 Å². The van der Waals surface area contributed by atoms with E-state index in [-0.39, 0.29) is 11.9 Å². The third kappa shape index (κ3) is 2.28. The molecule has 84 valence electrons. The Bertz CT molecular complexity index is 487. The third-order valence-corrected chi connectivity index (χ3v) is 3.37. The van der Waals surface area contributed by atoms with Crippen molar-refractivity contribution in [1.82, 2.24) is 4.98 Å². The first-order chi connectivity index (χ1) is 7.56. The van der Waals surface area contributed by atoms with Crippen molar-refractivity contribution in [2.24, 2.45) is 5.73 Å². The van der Waals surface area contributed by atoms with Crippen molar-refractivity contribution < 1.29 is 4.39 Å². The van der Waals surface area contributed by atoms with E-state index in [4.69, 9.17) is 5.73 Å². The zero-order valence-electron chi connectivity index (χ0n) is 9.20. The summed E-state index contributed by atoms with van der Waals surface area (Å²) in [6, 6.07) is 4.59. The van der Waals surface area contributed by atoms with E-state index in [1.807, 2.05) is 19.9 Å². The van der Waals surface area contributed by atoms with Crippen molar-refractivity contribution in [3.8, 4) is 0 Å². The van der Waals surface area contributed by atoms with Gasteiger partial charge in [0.05, 0.1) is 11.0 Å². The van der Waals surface area contributed by atoms with E-state index in [1.165, 1.54) is 12.1 Å². The highest BCUT2D eigenvalue weighted by Gasteiger charge is 2.12. The van der Waals surface area contributed by atoms with Crippen LogP contribution in [-0.4, -0.2) is 4.98 Å². The quantitative estimate of drug-likeness (QED) is 0.870. The molecule has 1 atom stereocenters. The lowest BCUT2D eigenvalue weighted by Gasteiger charge is -2.10. The molecule has 4 heteroatoms. The number of halogens is 1. The van der Waals surface area contributed by atoms with Gasteiger partial charge in [-0.25, -0.2) is 9.37 Å². The number of nitrogens with two attached hydrogens (primary N) is 1. The van der Waals surface area contributed by atoms with E-state index in [9.17, 15) is 4.39 Å². The number of aromatic nitrogens is 1. The van der Waals surface area contributed by atoms with Crippen LogP contribution in [0.15, 0.2) is 24.4 Å². The van der Waals surface area contributed by atoms with Crippen molar-refractivity contribution in [2.75, 3.05) is 0 Å². The minimum Gasteiger partial charge on any atom is -0.320 e. The second-order valence-corrected chi connectivity index (χ2v) is 5.09. The van der Waals surface area contributed by atoms with E-state index in [0.29, 0.717) is 0 Å². The molecule has 2 N–H and O–H groups in total. The highest BCUT2D eigenvalue weighted by atomic mass is 32.1. The van der Waals surface area contributed by atoms with E-state index in [0.717, 1.165) is 21.0 Å². The summed E-state index contributed by atoms with van der Waals surface area (Å²) in [7, 11) is 0. The van der Waals surface area contributed by atoms with E-state index >= 15 is 0 Å². The van der Waals surface area contributed by atoms with Crippen LogP contribution in [-0.2, 0) is 0 Å². The Labute approximate surface area is 97.9 Å². The Morgan fingerprint density at radius 3 is 2.62 bits per heavy atom. The number of rotatable bonds is 2. The van der Waals surface area contributed by atoms with Crippen molar-refractivity contribution in [2.45, 2.75) is 19.9 Å². The van der Waals surface area contributed by atoms with Crippen LogP contribution in [0.4, 0.5) is 4.39 Å². The molecule has 2 nitrogen and oxygen atoms in total. The smallest absolute Gasteiger partial charge is 0.123 e. The van der Waals surface area contributed by atoms with Crippen LogP contribution in [0.5, 0.6) is 0 Å². The molecule has 16 heavy (non-hydrogen) atoms. The lowest BCUT2D eigenvalue weighted by Crippen LogP contribution is -2.10. The highest BCUT2D eigenvalue weighted by Crippen LogP contribution is 2.25. The summed E-state index contributed by atoms with van der Waals surface area (Å²) in [6.07, 6.45) is 1.75. The normalized spacial score (nSPS) is 12.8. The molecule has 0 radical (unpaired) electrons.